The van der Waals surface area contributed by atoms with Crippen LogP contribution in [-0.4, -0.2) is 40.1 Å². The Hall–Kier alpha value is -1.16. The SMILES string of the molecule is CCc1cc(CC(=O)CCN(CC)CC)n(C)n1. The van der Waals surface area contributed by atoms with Crippen molar-refractivity contribution >= 4 is 5.78 Å². The first-order valence-electron chi connectivity index (χ1n) is 6.86. The molecule has 102 valence electrons. The van der Waals surface area contributed by atoms with Crippen molar-refractivity contribution in [2.45, 2.75) is 40.0 Å². The summed E-state index contributed by atoms with van der Waals surface area (Å²) in [5, 5.41) is 4.36. The summed E-state index contributed by atoms with van der Waals surface area (Å²) in [7, 11) is 1.91. The number of rotatable bonds is 8. The van der Waals surface area contributed by atoms with Crippen molar-refractivity contribution in [3.63, 3.8) is 0 Å². The minimum Gasteiger partial charge on any atom is -0.303 e. The predicted molar refractivity (Wildman–Crippen MR) is 73.7 cm³/mol. The standard InChI is InChI=1S/C14H25N3O/c1-5-12-10-13(16(4)15-12)11-14(18)8-9-17(6-2)7-3/h10H,5-9,11H2,1-4H3. The van der Waals surface area contributed by atoms with Gasteiger partial charge in [0.05, 0.1) is 5.69 Å². The lowest BCUT2D eigenvalue weighted by Gasteiger charge is -2.16. The van der Waals surface area contributed by atoms with Crippen LogP contribution in [0.25, 0.3) is 0 Å². The molecule has 0 aliphatic rings. The van der Waals surface area contributed by atoms with Gasteiger partial charge in [-0.1, -0.05) is 20.8 Å². The molecule has 0 fully saturated rings. The van der Waals surface area contributed by atoms with Gasteiger partial charge in [0.25, 0.3) is 0 Å². The highest BCUT2D eigenvalue weighted by Gasteiger charge is 2.10. The van der Waals surface area contributed by atoms with Gasteiger partial charge in [-0.25, -0.2) is 0 Å². The zero-order valence-corrected chi connectivity index (χ0v) is 12.1. The zero-order valence-electron chi connectivity index (χ0n) is 12.1. The van der Waals surface area contributed by atoms with Crippen LogP contribution in [0.1, 0.15) is 38.6 Å². The Balaban J connectivity index is 2.46. The topological polar surface area (TPSA) is 38.1 Å². The summed E-state index contributed by atoms with van der Waals surface area (Å²) in [6, 6.07) is 2.04. The number of aryl methyl sites for hydroxylation is 2. The van der Waals surface area contributed by atoms with Crippen LogP contribution >= 0.6 is 0 Å². The number of hydrogen-bond acceptors (Lipinski definition) is 3. The molecule has 18 heavy (non-hydrogen) atoms. The lowest BCUT2D eigenvalue weighted by atomic mass is 10.1. The summed E-state index contributed by atoms with van der Waals surface area (Å²) in [6.45, 7) is 9.22. The van der Waals surface area contributed by atoms with E-state index in [1.165, 1.54) is 0 Å². The van der Waals surface area contributed by atoms with Crippen LogP contribution < -0.4 is 0 Å². The third-order valence-corrected chi connectivity index (χ3v) is 3.37. The molecule has 0 atom stereocenters. The Morgan fingerprint density at radius 1 is 1.33 bits per heavy atom. The zero-order chi connectivity index (χ0) is 13.5. The maximum absolute atomic E-state index is 11.9. The number of ketones is 1. The minimum absolute atomic E-state index is 0.299. The lowest BCUT2D eigenvalue weighted by Crippen LogP contribution is -2.26. The van der Waals surface area contributed by atoms with E-state index in [0.717, 1.165) is 37.4 Å². The Kier molecular flexibility index (Phi) is 6.05. The number of Topliss-reactive ketones (excluding diaryl/α,β-unsaturated/α-hetero) is 1. The van der Waals surface area contributed by atoms with Crippen molar-refractivity contribution in [3.05, 3.63) is 17.5 Å². The number of nitrogens with zero attached hydrogens (tertiary/aromatic N) is 3. The minimum atomic E-state index is 0.299. The van der Waals surface area contributed by atoms with Crippen molar-refractivity contribution in [2.24, 2.45) is 7.05 Å². The van der Waals surface area contributed by atoms with Gasteiger partial charge in [-0.3, -0.25) is 9.48 Å². The summed E-state index contributed by atoms with van der Waals surface area (Å²) in [6.07, 6.45) is 2.06. The van der Waals surface area contributed by atoms with E-state index in [2.05, 4.69) is 30.8 Å². The van der Waals surface area contributed by atoms with E-state index < -0.39 is 0 Å². The predicted octanol–water partition coefficient (Wildman–Crippen LogP) is 1.83. The second-order valence-corrected chi connectivity index (χ2v) is 4.60. The smallest absolute Gasteiger partial charge is 0.140 e. The van der Waals surface area contributed by atoms with Gasteiger partial charge in [-0.2, -0.15) is 5.10 Å². The Morgan fingerprint density at radius 2 is 2.00 bits per heavy atom. The summed E-state index contributed by atoms with van der Waals surface area (Å²) in [5.41, 5.74) is 2.08. The molecule has 0 saturated heterocycles. The van der Waals surface area contributed by atoms with Gasteiger partial charge < -0.3 is 4.90 Å². The third kappa shape index (κ3) is 4.26. The average Bonchev–Trinajstić information content (AvgIpc) is 2.71. The average molecular weight is 251 g/mol. The van der Waals surface area contributed by atoms with E-state index in [9.17, 15) is 4.79 Å². The molecule has 0 aromatic carbocycles. The van der Waals surface area contributed by atoms with Crippen LogP contribution in [0.2, 0.25) is 0 Å². The molecule has 1 aromatic heterocycles. The molecule has 0 saturated carbocycles. The van der Waals surface area contributed by atoms with Gasteiger partial charge >= 0.3 is 0 Å². The highest BCUT2D eigenvalue weighted by Crippen LogP contribution is 2.06. The van der Waals surface area contributed by atoms with Gasteiger partial charge in [0.2, 0.25) is 0 Å². The van der Waals surface area contributed by atoms with Gasteiger partial charge in [0.15, 0.2) is 0 Å². The molecule has 4 nitrogen and oxygen atoms in total. The molecule has 0 spiro atoms. The van der Waals surface area contributed by atoms with E-state index in [1.807, 2.05) is 17.8 Å². The van der Waals surface area contributed by atoms with Crippen LogP contribution in [-0.2, 0) is 24.7 Å². The Morgan fingerprint density at radius 3 is 2.50 bits per heavy atom. The second kappa shape index (κ2) is 7.31. The van der Waals surface area contributed by atoms with E-state index in [0.29, 0.717) is 18.6 Å². The third-order valence-electron chi connectivity index (χ3n) is 3.37. The summed E-state index contributed by atoms with van der Waals surface area (Å²) in [5.74, 6) is 0.299. The fourth-order valence-corrected chi connectivity index (χ4v) is 2.02. The summed E-state index contributed by atoms with van der Waals surface area (Å²) < 4.78 is 1.83. The molecule has 0 radical (unpaired) electrons. The van der Waals surface area contributed by atoms with Crippen LogP contribution in [0.5, 0.6) is 0 Å². The fourth-order valence-electron chi connectivity index (χ4n) is 2.02. The molecule has 0 aliphatic heterocycles. The van der Waals surface area contributed by atoms with Crippen LogP contribution in [0.4, 0.5) is 0 Å². The maximum atomic E-state index is 11.9. The molecular weight excluding hydrogens is 226 g/mol. The number of carbonyl (C=O) groups excluding carboxylic acids is 1. The molecule has 0 unspecified atom stereocenters. The van der Waals surface area contributed by atoms with Gasteiger partial charge in [-0.15, -0.1) is 0 Å². The number of hydrogen-bond donors (Lipinski definition) is 0. The van der Waals surface area contributed by atoms with Crippen molar-refractivity contribution in [1.82, 2.24) is 14.7 Å². The van der Waals surface area contributed by atoms with Gasteiger partial charge in [-0.05, 0) is 25.6 Å². The number of carbonyl (C=O) groups is 1. The monoisotopic (exact) mass is 251 g/mol. The maximum Gasteiger partial charge on any atom is 0.140 e. The quantitative estimate of drug-likeness (QED) is 0.707. The molecule has 4 heteroatoms. The van der Waals surface area contributed by atoms with Crippen molar-refractivity contribution < 1.29 is 4.79 Å². The molecule has 1 aromatic rings. The van der Waals surface area contributed by atoms with E-state index >= 15 is 0 Å². The molecule has 0 aliphatic carbocycles. The van der Waals surface area contributed by atoms with Crippen molar-refractivity contribution in [2.75, 3.05) is 19.6 Å². The molecule has 0 bridgehead atoms. The van der Waals surface area contributed by atoms with E-state index in [1.54, 1.807) is 0 Å². The fraction of sp³-hybridized carbons (Fsp3) is 0.714. The highest BCUT2D eigenvalue weighted by atomic mass is 16.1. The molecule has 0 amide bonds. The normalized spacial score (nSPS) is 11.2. The summed E-state index contributed by atoms with van der Waals surface area (Å²) in [4.78, 5) is 14.2. The van der Waals surface area contributed by atoms with E-state index in [4.69, 9.17) is 0 Å². The first-order chi connectivity index (χ1) is 8.60. The van der Waals surface area contributed by atoms with Gasteiger partial charge in [0, 0.05) is 32.1 Å². The highest BCUT2D eigenvalue weighted by molar-refractivity contribution is 5.80. The Bertz CT molecular complexity index is 380. The largest absolute Gasteiger partial charge is 0.303 e. The van der Waals surface area contributed by atoms with Crippen LogP contribution in [0.15, 0.2) is 6.07 Å². The van der Waals surface area contributed by atoms with Crippen LogP contribution in [0, 0.1) is 0 Å². The van der Waals surface area contributed by atoms with Crippen LogP contribution in [0.3, 0.4) is 0 Å². The lowest BCUT2D eigenvalue weighted by molar-refractivity contribution is -0.118. The molecule has 1 rings (SSSR count). The molecular formula is C14H25N3O. The van der Waals surface area contributed by atoms with Crippen molar-refractivity contribution in [1.29, 1.82) is 0 Å². The van der Waals surface area contributed by atoms with Crippen molar-refractivity contribution in [3.8, 4) is 0 Å². The molecule has 1 heterocycles. The summed E-state index contributed by atoms with van der Waals surface area (Å²) >= 11 is 0. The first kappa shape index (κ1) is 14.9. The van der Waals surface area contributed by atoms with E-state index in [-0.39, 0.29) is 0 Å². The first-order valence-corrected chi connectivity index (χ1v) is 6.86. The molecule has 0 N–H and O–H groups in total. The number of aromatic nitrogens is 2. The van der Waals surface area contributed by atoms with Gasteiger partial charge in [0.1, 0.15) is 5.78 Å². The second-order valence-electron chi connectivity index (χ2n) is 4.60. The Labute approximate surface area is 110 Å².